The zero-order chi connectivity index (χ0) is 22.2. The van der Waals surface area contributed by atoms with Crippen LogP contribution in [0, 0.1) is 13.8 Å². The van der Waals surface area contributed by atoms with Crippen LogP contribution in [0.25, 0.3) is 0 Å². The van der Waals surface area contributed by atoms with Crippen molar-refractivity contribution in [1.82, 2.24) is 14.2 Å². The van der Waals surface area contributed by atoms with E-state index in [0.29, 0.717) is 47.0 Å². The number of carbonyl (C=O) groups excluding carboxylic acids is 1. The molecule has 0 saturated carbocycles. The predicted molar refractivity (Wildman–Crippen MR) is 118 cm³/mol. The first-order valence-electron chi connectivity index (χ1n) is 10.7. The summed E-state index contributed by atoms with van der Waals surface area (Å²) in [5.74, 6) is 0.579. The fourth-order valence-electron chi connectivity index (χ4n) is 4.58. The Balaban J connectivity index is 1.59. The van der Waals surface area contributed by atoms with Gasteiger partial charge in [0.25, 0.3) is 5.91 Å². The molecular weight excluding hydrogens is 414 g/mol. The van der Waals surface area contributed by atoms with Crippen molar-refractivity contribution < 1.29 is 17.9 Å². The molecule has 4 rings (SSSR count). The molecule has 2 aliphatic rings. The van der Waals surface area contributed by atoms with E-state index in [4.69, 9.17) is 4.74 Å². The smallest absolute Gasteiger partial charge is 0.255 e. The molecule has 2 fully saturated rings. The molecule has 8 heteroatoms. The van der Waals surface area contributed by atoms with Crippen LogP contribution >= 0.6 is 0 Å². The van der Waals surface area contributed by atoms with Crippen molar-refractivity contribution in [2.24, 2.45) is 0 Å². The van der Waals surface area contributed by atoms with Gasteiger partial charge in [0.2, 0.25) is 10.0 Å². The zero-order valence-corrected chi connectivity index (χ0v) is 19.1. The van der Waals surface area contributed by atoms with E-state index in [1.807, 2.05) is 17.9 Å². The second-order valence-corrected chi connectivity index (χ2v) is 10.3. The number of carbonyl (C=O) groups is 1. The molecule has 2 aliphatic heterocycles. The van der Waals surface area contributed by atoms with Crippen LogP contribution in [0.15, 0.2) is 35.4 Å². The number of hydrogen-bond acceptors (Lipinski definition) is 5. The maximum Gasteiger partial charge on any atom is 0.255 e. The van der Waals surface area contributed by atoms with Gasteiger partial charge in [-0.2, -0.15) is 4.31 Å². The number of aromatic nitrogens is 1. The molecule has 0 bridgehead atoms. The summed E-state index contributed by atoms with van der Waals surface area (Å²) >= 11 is 0. The van der Waals surface area contributed by atoms with E-state index in [9.17, 15) is 13.2 Å². The topological polar surface area (TPSA) is 79.8 Å². The highest BCUT2D eigenvalue weighted by Crippen LogP contribution is 2.34. The Morgan fingerprint density at radius 1 is 1.13 bits per heavy atom. The Hall–Kier alpha value is -2.45. The number of aryl methyl sites for hydroxylation is 2. The first kappa shape index (κ1) is 21.8. The van der Waals surface area contributed by atoms with E-state index < -0.39 is 10.0 Å². The van der Waals surface area contributed by atoms with Crippen LogP contribution in [0.5, 0.6) is 5.75 Å². The number of rotatable bonds is 5. The van der Waals surface area contributed by atoms with Crippen molar-refractivity contribution in [2.75, 3.05) is 33.3 Å². The van der Waals surface area contributed by atoms with Crippen molar-refractivity contribution >= 4 is 15.9 Å². The predicted octanol–water partition coefficient (Wildman–Crippen LogP) is 3.12. The van der Waals surface area contributed by atoms with Gasteiger partial charge in [0.1, 0.15) is 5.75 Å². The average molecular weight is 444 g/mol. The fraction of sp³-hybridized carbons (Fsp3) is 0.478. The molecule has 1 aromatic heterocycles. The summed E-state index contributed by atoms with van der Waals surface area (Å²) in [4.78, 5) is 19.7. The number of nitrogens with zero attached hydrogens (tertiary/aromatic N) is 3. The van der Waals surface area contributed by atoms with Gasteiger partial charge in [0, 0.05) is 38.3 Å². The lowest BCUT2D eigenvalue weighted by atomic mass is 9.98. The standard InChI is InChI=1S/C23H29N3O4S/c1-16-14-21(17(2)13-20(16)30-3)31(28,29)26-12-8-18(15-26)22-19(7-6-9-24-22)23(27)25-10-4-5-11-25/h6-7,9,13-14,18H,4-5,8,10-12,15H2,1-3H3. The average Bonchev–Trinajstić information content (AvgIpc) is 3.47. The fourth-order valence-corrected chi connectivity index (χ4v) is 6.38. The van der Waals surface area contributed by atoms with E-state index in [-0.39, 0.29) is 11.8 Å². The molecule has 3 heterocycles. The minimum atomic E-state index is -3.65. The van der Waals surface area contributed by atoms with Crippen molar-refractivity contribution in [3.05, 3.63) is 52.8 Å². The molecule has 1 atom stereocenters. The van der Waals surface area contributed by atoms with Gasteiger partial charge >= 0.3 is 0 Å². The summed E-state index contributed by atoms with van der Waals surface area (Å²) in [6.45, 7) is 5.90. The molecule has 0 N–H and O–H groups in total. The van der Waals surface area contributed by atoms with E-state index in [1.165, 1.54) is 4.31 Å². The van der Waals surface area contributed by atoms with Crippen molar-refractivity contribution in [3.63, 3.8) is 0 Å². The van der Waals surface area contributed by atoms with Crippen LogP contribution in [-0.4, -0.2) is 61.8 Å². The van der Waals surface area contributed by atoms with Crippen LogP contribution in [0.4, 0.5) is 0 Å². The van der Waals surface area contributed by atoms with Crippen LogP contribution in [-0.2, 0) is 10.0 Å². The lowest BCUT2D eigenvalue weighted by Gasteiger charge is -2.21. The first-order chi connectivity index (χ1) is 14.8. The van der Waals surface area contributed by atoms with Gasteiger partial charge in [-0.15, -0.1) is 0 Å². The number of hydrogen-bond donors (Lipinski definition) is 0. The van der Waals surface area contributed by atoms with Gasteiger partial charge in [0.05, 0.1) is 23.3 Å². The Labute approximate surface area is 184 Å². The molecule has 7 nitrogen and oxygen atoms in total. The summed E-state index contributed by atoms with van der Waals surface area (Å²) in [6, 6.07) is 7.04. The van der Waals surface area contributed by atoms with Gasteiger partial charge in [-0.1, -0.05) is 0 Å². The minimum absolute atomic E-state index is 0.00327. The quantitative estimate of drug-likeness (QED) is 0.709. The van der Waals surface area contributed by atoms with Crippen LogP contribution in [0.3, 0.4) is 0 Å². The summed E-state index contributed by atoms with van der Waals surface area (Å²) < 4.78 is 33.6. The first-order valence-corrected chi connectivity index (χ1v) is 12.2. The van der Waals surface area contributed by atoms with E-state index in [0.717, 1.165) is 31.5 Å². The third-order valence-corrected chi connectivity index (χ3v) is 8.32. The molecule has 1 aromatic carbocycles. The maximum atomic E-state index is 13.4. The normalized spacial score (nSPS) is 19.7. The molecule has 0 aliphatic carbocycles. The Kier molecular flexibility index (Phi) is 6.03. The number of sulfonamides is 1. The van der Waals surface area contributed by atoms with Crippen molar-refractivity contribution in [3.8, 4) is 5.75 Å². The van der Waals surface area contributed by atoms with E-state index in [2.05, 4.69) is 4.98 Å². The molecule has 2 aromatic rings. The molecule has 0 radical (unpaired) electrons. The van der Waals surface area contributed by atoms with Gasteiger partial charge in [-0.05, 0) is 68.5 Å². The third-order valence-electron chi connectivity index (χ3n) is 6.31. The number of ether oxygens (including phenoxy) is 1. The van der Waals surface area contributed by atoms with Crippen LogP contribution in [0.2, 0.25) is 0 Å². The van der Waals surface area contributed by atoms with Gasteiger partial charge in [0.15, 0.2) is 0 Å². The summed E-state index contributed by atoms with van der Waals surface area (Å²) in [6.07, 6.45) is 4.38. The number of likely N-dealkylation sites (tertiary alicyclic amines) is 1. The minimum Gasteiger partial charge on any atom is -0.496 e. The highest BCUT2D eigenvalue weighted by atomic mass is 32.2. The molecule has 2 saturated heterocycles. The van der Waals surface area contributed by atoms with Crippen molar-refractivity contribution in [1.29, 1.82) is 0 Å². The monoisotopic (exact) mass is 443 g/mol. The molecule has 1 amide bonds. The third kappa shape index (κ3) is 4.06. The molecule has 1 unspecified atom stereocenters. The Bertz CT molecular complexity index is 1090. The van der Waals surface area contributed by atoms with Crippen molar-refractivity contribution in [2.45, 2.75) is 43.9 Å². The molecular formula is C23H29N3O4S. The van der Waals surface area contributed by atoms with Gasteiger partial charge < -0.3 is 9.64 Å². The number of methoxy groups -OCH3 is 1. The SMILES string of the molecule is COc1cc(C)c(S(=O)(=O)N2CCC(c3ncccc3C(=O)N3CCCC3)C2)cc1C. The summed E-state index contributed by atoms with van der Waals surface area (Å²) in [7, 11) is -2.07. The second-order valence-electron chi connectivity index (χ2n) is 8.37. The lowest BCUT2D eigenvalue weighted by molar-refractivity contribution is 0.0790. The maximum absolute atomic E-state index is 13.4. The zero-order valence-electron chi connectivity index (χ0n) is 18.3. The number of pyridine rings is 1. The van der Waals surface area contributed by atoms with E-state index >= 15 is 0 Å². The largest absolute Gasteiger partial charge is 0.496 e. The number of amides is 1. The lowest BCUT2D eigenvalue weighted by Crippen LogP contribution is -2.31. The Morgan fingerprint density at radius 2 is 1.87 bits per heavy atom. The molecule has 31 heavy (non-hydrogen) atoms. The number of benzene rings is 1. The second kappa shape index (κ2) is 8.59. The summed E-state index contributed by atoms with van der Waals surface area (Å²) in [5, 5.41) is 0. The highest BCUT2D eigenvalue weighted by Gasteiger charge is 2.37. The van der Waals surface area contributed by atoms with Gasteiger partial charge in [-0.25, -0.2) is 8.42 Å². The van der Waals surface area contributed by atoms with Crippen LogP contribution < -0.4 is 4.74 Å². The summed E-state index contributed by atoms with van der Waals surface area (Å²) in [5.41, 5.74) is 2.75. The molecule has 0 spiro atoms. The van der Waals surface area contributed by atoms with E-state index in [1.54, 1.807) is 38.4 Å². The van der Waals surface area contributed by atoms with Crippen LogP contribution in [0.1, 0.15) is 52.4 Å². The highest BCUT2D eigenvalue weighted by molar-refractivity contribution is 7.89. The van der Waals surface area contributed by atoms with Gasteiger partial charge in [-0.3, -0.25) is 9.78 Å². The molecule has 166 valence electrons. The Morgan fingerprint density at radius 3 is 2.58 bits per heavy atom.